The lowest BCUT2D eigenvalue weighted by Gasteiger charge is -2.29. The second kappa shape index (κ2) is 6.88. The molecule has 1 aromatic carbocycles. The highest BCUT2D eigenvalue weighted by Gasteiger charge is 2.39. The predicted octanol–water partition coefficient (Wildman–Crippen LogP) is 2.83. The fourth-order valence-corrected chi connectivity index (χ4v) is 6.99. The highest BCUT2D eigenvalue weighted by Crippen LogP contribution is 2.31. The Morgan fingerprint density at radius 2 is 1.96 bits per heavy atom. The number of hydrogen-bond acceptors (Lipinski definition) is 4. The van der Waals surface area contributed by atoms with E-state index in [2.05, 4.69) is 0 Å². The Labute approximate surface area is 147 Å². The van der Waals surface area contributed by atoms with Crippen LogP contribution in [0.3, 0.4) is 0 Å². The molecule has 130 valence electrons. The molecule has 9 heteroatoms. The topological polar surface area (TPSA) is 71.5 Å². The van der Waals surface area contributed by atoms with Crippen molar-refractivity contribution >= 4 is 43.1 Å². The second-order valence-electron chi connectivity index (χ2n) is 6.10. The van der Waals surface area contributed by atoms with Gasteiger partial charge in [-0.05, 0) is 30.5 Å². The molecule has 1 atom stereocenters. The number of sulfone groups is 1. The van der Waals surface area contributed by atoms with Crippen molar-refractivity contribution in [2.45, 2.75) is 31.2 Å². The van der Waals surface area contributed by atoms with Crippen molar-refractivity contribution in [3.63, 3.8) is 0 Å². The Balaban J connectivity index is 2.47. The van der Waals surface area contributed by atoms with E-state index >= 15 is 0 Å². The molecule has 1 heterocycles. The molecule has 1 fully saturated rings. The summed E-state index contributed by atoms with van der Waals surface area (Å²) in [7, 11) is -7.13. The lowest BCUT2D eigenvalue weighted by molar-refractivity contribution is 0.308. The minimum absolute atomic E-state index is 0.00502. The number of nitrogens with zero attached hydrogens (tertiary/aromatic N) is 1. The van der Waals surface area contributed by atoms with Gasteiger partial charge in [-0.25, -0.2) is 16.8 Å². The first-order valence-corrected chi connectivity index (χ1v) is 11.2. The molecule has 0 radical (unpaired) electrons. The average molecular weight is 400 g/mol. The average Bonchev–Trinajstić information content (AvgIpc) is 2.78. The maximum Gasteiger partial charge on any atom is 0.244 e. The van der Waals surface area contributed by atoms with Crippen LogP contribution in [-0.2, 0) is 19.9 Å². The molecule has 0 N–H and O–H groups in total. The van der Waals surface area contributed by atoms with Crippen LogP contribution >= 0.6 is 23.2 Å². The van der Waals surface area contributed by atoms with Gasteiger partial charge in [-0.3, -0.25) is 0 Å². The van der Waals surface area contributed by atoms with E-state index in [0.29, 0.717) is 6.42 Å². The zero-order valence-corrected chi connectivity index (χ0v) is 16.0. The molecule has 2 rings (SSSR count). The maximum absolute atomic E-state index is 13.0. The van der Waals surface area contributed by atoms with E-state index in [1.807, 2.05) is 13.8 Å². The van der Waals surface area contributed by atoms with Crippen LogP contribution in [0.5, 0.6) is 0 Å². The van der Waals surface area contributed by atoms with Crippen LogP contribution in [0.1, 0.15) is 20.3 Å². The molecule has 0 unspecified atom stereocenters. The summed E-state index contributed by atoms with van der Waals surface area (Å²) >= 11 is 11.9. The first-order chi connectivity index (χ1) is 10.5. The SMILES string of the molecule is CC(C)CN([C@@H]1CCS(=O)(=O)C1)S(=O)(=O)c1cc(Cl)ccc1Cl. The van der Waals surface area contributed by atoms with E-state index in [9.17, 15) is 16.8 Å². The molecule has 0 aliphatic carbocycles. The quantitative estimate of drug-likeness (QED) is 0.762. The Kier molecular flexibility index (Phi) is 5.68. The Bertz CT molecular complexity index is 791. The third-order valence-electron chi connectivity index (χ3n) is 3.64. The van der Waals surface area contributed by atoms with Crippen LogP contribution in [0.2, 0.25) is 10.0 Å². The Morgan fingerprint density at radius 3 is 2.48 bits per heavy atom. The van der Waals surface area contributed by atoms with Crippen molar-refractivity contribution in [3.8, 4) is 0 Å². The molecule has 0 spiro atoms. The lowest BCUT2D eigenvalue weighted by atomic mass is 10.2. The van der Waals surface area contributed by atoms with Crippen molar-refractivity contribution in [1.29, 1.82) is 0 Å². The van der Waals surface area contributed by atoms with E-state index in [4.69, 9.17) is 23.2 Å². The van der Waals surface area contributed by atoms with Crippen LogP contribution in [0.15, 0.2) is 23.1 Å². The van der Waals surface area contributed by atoms with E-state index < -0.39 is 25.9 Å². The van der Waals surface area contributed by atoms with Gasteiger partial charge in [-0.1, -0.05) is 37.0 Å². The number of halogens is 2. The van der Waals surface area contributed by atoms with Gasteiger partial charge in [0.1, 0.15) is 4.90 Å². The minimum Gasteiger partial charge on any atom is -0.229 e. The van der Waals surface area contributed by atoms with Gasteiger partial charge in [0.15, 0.2) is 9.84 Å². The van der Waals surface area contributed by atoms with E-state index in [0.717, 1.165) is 0 Å². The number of rotatable bonds is 5. The normalized spacial score (nSPS) is 21.2. The van der Waals surface area contributed by atoms with E-state index in [1.54, 1.807) is 0 Å². The van der Waals surface area contributed by atoms with Crippen molar-refractivity contribution in [2.24, 2.45) is 5.92 Å². The fraction of sp³-hybridized carbons (Fsp3) is 0.571. The highest BCUT2D eigenvalue weighted by atomic mass is 35.5. The van der Waals surface area contributed by atoms with Crippen molar-refractivity contribution in [1.82, 2.24) is 4.31 Å². The summed E-state index contributed by atoms with van der Waals surface area (Å²) in [6.07, 6.45) is 0.298. The number of hydrogen-bond donors (Lipinski definition) is 0. The van der Waals surface area contributed by atoms with Crippen molar-refractivity contribution < 1.29 is 16.8 Å². The first kappa shape index (κ1) is 19.0. The molecular weight excluding hydrogens is 381 g/mol. The van der Waals surface area contributed by atoms with Gasteiger partial charge >= 0.3 is 0 Å². The van der Waals surface area contributed by atoms with Gasteiger partial charge in [-0.15, -0.1) is 0 Å². The molecule has 5 nitrogen and oxygen atoms in total. The number of sulfonamides is 1. The molecule has 23 heavy (non-hydrogen) atoms. The molecular formula is C14H19Cl2NO4S2. The summed E-state index contributed by atoms with van der Waals surface area (Å²) in [4.78, 5) is -0.0865. The summed E-state index contributed by atoms with van der Waals surface area (Å²) in [5.74, 6) is -0.103. The minimum atomic E-state index is -3.93. The van der Waals surface area contributed by atoms with Crippen LogP contribution in [0, 0.1) is 5.92 Å². The van der Waals surface area contributed by atoms with Crippen molar-refractivity contribution in [2.75, 3.05) is 18.1 Å². The van der Waals surface area contributed by atoms with Gasteiger partial charge in [0.2, 0.25) is 10.0 Å². The van der Waals surface area contributed by atoms with Crippen LogP contribution in [-0.4, -0.2) is 45.2 Å². The third kappa shape index (κ3) is 4.39. The molecule has 1 aliphatic rings. The van der Waals surface area contributed by atoms with Crippen LogP contribution in [0.25, 0.3) is 0 Å². The molecule has 0 aromatic heterocycles. The van der Waals surface area contributed by atoms with Gasteiger partial charge < -0.3 is 0 Å². The fourth-order valence-electron chi connectivity index (χ4n) is 2.61. The predicted molar refractivity (Wildman–Crippen MR) is 92.3 cm³/mol. The smallest absolute Gasteiger partial charge is 0.229 e. The third-order valence-corrected chi connectivity index (χ3v) is 8.03. The molecule has 1 saturated heterocycles. The van der Waals surface area contributed by atoms with Gasteiger partial charge in [0.05, 0.1) is 16.5 Å². The summed E-state index contributed by atoms with van der Waals surface area (Å²) in [5.41, 5.74) is 0. The van der Waals surface area contributed by atoms with Gasteiger partial charge in [-0.2, -0.15) is 4.31 Å². The first-order valence-electron chi connectivity index (χ1n) is 7.20. The summed E-state index contributed by atoms with van der Waals surface area (Å²) < 4.78 is 50.8. The van der Waals surface area contributed by atoms with E-state index in [1.165, 1.54) is 22.5 Å². The van der Waals surface area contributed by atoms with Gasteiger partial charge in [0, 0.05) is 17.6 Å². The highest BCUT2D eigenvalue weighted by molar-refractivity contribution is 7.92. The monoisotopic (exact) mass is 399 g/mol. The zero-order valence-electron chi connectivity index (χ0n) is 12.9. The summed E-state index contributed by atoms with van der Waals surface area (Å²) in [6.45, 7) is 3.99. The van der Waals surface area contributed by atoms with Crippen LogP contribution in [0.4, 0.5) is 0 Å². The maximum atomic E-state index is 13.0. The standard InChI is InChI=1S/C14H19Cl2NO4S2/c1-10(2)8-17(12-5-6-22(18,19)9-12)23(20,21)14-7-11(15)3-4-13(14)16/h3-4,7,10,12H,5-6,8-9H2,1-2H3/t12-/m1/s1. The molecule has 0 saturated carbocycles. The number of benzene rings is 1. The van der Waals surface area contributed by atoms with Gasteiger partial charge in [0.25, 0.3) is 0 Å². The Hall–Kier alpha value is -0.340. The molecule has 0 bridgehead atoms. The molecule has 1 aromatic rings. The van der Waals surface area contributed by atoms with E-state index in [-0.39, 0.29) is 38.9 Å². The second-order valence-corrected chi connectivity index (χ2v) is 11.0. The molecule has 1 aliphatic heterocycles. The summed E-state index contributed by atoms with van der Waals surface area (Å²) in [6, 6.07) is 3.67. The Morgan fingerprint density at radius 1 is 1.30 bits per heavy atom. The lowest BCUT2D eigenvalue weighted by Crippen LogP contribution is -2.43. The van der Waals surface area contributed by atoms with Crippen molar-refractivity contribution in [3.05, 3.63) is 28.2 Å². The van der Waals surface area contributed by atoms with Crippen LogP contribution < -0.4 is 0 Å². The zero-order chi connectivity index (χ0) is 17.4. The molecule has 0 amide bonds. The summed E-state index contributed by atoms with van der Waals surface area (Å²) in [5, 5.41) is 0.334. The largest absolute Gasteiger partial charge is 0.244 e.